The summed E-state index contributed by atoms with van der Waals surface area (Å²) in [5.41, 5.74) is 6.18. The minimum absolute atomic E-state index is 0.563. The molecule has 136 valence electrons. The van der Waals surface area contributed by atoms with E-state index in [0.29, 0.717) is 11.1 Å². The Hall–Kier alpha value is -3.25. The number of rotatable bonds is 3. The summed E-state index contributed by atoms with van der Waals surface area (Å²) >= 11 is 0. The molecule has 6 nitrogen and oxygen atoms in total. The van der Waals surface area contributed by atoms with Crippen molar-refractivity contribution in [1.82, 2.24) is 15.2 Å². The monoisotopic (exact) mass is 360 g/mol. The zero-order chi connectivity index (χ0) is 19.2. The van der Waals surface area contributed by atoms with Crippen molar-refractivity contribution in [3.63, 3.8) is 0 Å². The summed E-state index contributed by atoms with van der Waals surface area (Å²) in [5.74, 6) is -0.588. The normalized spacial score (nSPS) is 14.2. The lowest BCUT2D eigenvalue weighted by atomic mass is 9.91. The van der Waals surface area contributed by atoms with E-state index in [1.807, 2.05) is 57.3 Å². The van der Waals surface area contributed by atoms with Gasteiger partial charge in [0.05, 0.1) is 11.9 Å². The first-order valence-electron chi connectivity index (χ1n) is 8.70. The minimum Gasteiger partial charge on any atom is -0.372 e. The van der Waals surface area contributed by atoms with Crippen LogP contribution in [0, 0.1) is 13.8 Å². The zero-order valence-corrected chi connectivity index (χ0v) is 15.4. The molecule has 2 N–H and O–H groups in total. The SMILES string of the molecule is Cc1nn(C)c(C)c1/C=N/NC(=O)C1(O)c2ccccc2-c2ccccc21. The fourth-order valence-electron chi connectivity index (χ4n) is 3.67. The fraction of sp³-hybridized carbons (Fsp3) is 0.190. The van der Waals surface area contributed by atoms with Gasteiger partial charge >= 0.3 is 0 Å². The van der Waals surface area contributed by atoms with E-state index in [0.717, 1.165) is 28.1 Å². The number of aromatic nitrogens is 2. The molecule has 0 fully saturated rings. The van der Waals surface area contributed by atoms with Crippen LogP contribution in [0.15, 0.2) is 53.6 Å². The molecule has 0 radical (unpaired) electrons. The van der Waals surface area contributed by atoms with Gasteiger partial charge in [0.25, 0.3) is 5.91 Å². The van der Waals surface area contributed by atoms with Crippen molar-refractivity contribution in [3.05, 3.63) is 76.6 Å². The van der Waals surface area contributed by atoms with Crippen molar-refractivity contribution in [2.24, 2.45) is 12.1 Å². The third kappa shape index (κ3) is 2.49. The highest BCUT2D eigenvalue weighted by Crippen LogP contribution is 2.47. The molecule has 0 atom stereocenters. The predicted molar refractivity (Wildman–Crippen MR) is 103 cm³/mol. The van der Waals surface area contributed by atoms with Crippen molar-refractivity contribution >= 4 is 12.1 Å². The maximum absolute atomic E-state index is 13.0. The van der Waals surface area contributed by atoms with Gasteiger partial charge in [-0.15, -0.1) is 0 Å². The molecule has 0 saturated carbocycles. The third-order valence-electron chi connectivity index (χ3n) is 5.18. The molecule has 2 aromatic carbocycles. The number of carbonyl (C=O) groups is 1. The van der Waals surface area contributed by atoms with Gasteiger partial charge < -0.3 is 5.11 Å². The van der Waals surface area contributed by atoms with Gasteiger partial charge in [-0.3, -0.25) is 9.48 Å². The number of hydrogen-bond acceptors (Lipinski definition) is 4. The first kappa shape index (κ1) is 17.2. The van der Waals surface area contributed by atoms with Crippen LogP contribution in [0.3, 0.4) is 0 Å². The van der Waals surface area contributed by atoms with Crippen molar-refractivity contribution in [3.8, 4) is 11.1 Å². The lowest BCUT2D eigenvalue weighted by Gasteiger charge is -2.23. The highest BCUT2D eigenvalue weighted by molar-refractivity contribution is 5.99. The molecule has 0 spiro atoms. The lowest BCUT2D eigenvalue weighted by Crippen LogP contribution is -2.42. The quantitative estimate of drug-likeness (QED) is 0.556. The number of carbonyl (C=O) groups excluding carboxylic acids is 1. The summed E-state index contributed by atoms with van der Waals surface area (Å²) in [7, 11) is 1.85. The average molecular weight is 360 g/mol. The molecule has 4 rings (SSSR count). The molecule has 0 bridgehead atoms. The van der Waals surface area contributed by atoms with Gasteiger partial charge in [-0.25, -0.2) is 5.43 Å². The number of amides is 1. The van der Waals surface area contributed by atoms with Crippen LogP contribution in [0.2, 0.25) is 0 Å². The molecule has 1 heterocycles. The molecule has 6 heteroatoms. The van der Waals surface area contributed by atoms with E-state index >= 15 is 0 Å². The van der Waals surface area contributed by atoms with Gasteiger partial charge in [0.1, 0.15) is 0 Å². The maximum Gasteiger partial charge on any atom is 0.281 e. The van der Waals surface area contributed by atoms with Crippen LogP contribution in [0.4, 0.5) is 0 Å². The number of benzene rings is 2. The van der Waals surface area contributed by atoms with E-state index in [1.54, 1.807) is 23.0 Å². The summed E-state index contributed by atoms with van der Waals surface area (Å²) in [6, 6.07) is 14.8. The topological polar surface area (TPSA) is 79.5 Å². The largest absolute Gasteiger partial charge is 0.372 e. The second-order valence-corrected chi connectivity index (χ2v) is 6.71. The molecule has 3 aromatic rings. The minimum atomic E-state index is -1.77. The molecule has 27 heavy (non-hydrogen) atoms. The van der Waals surface area contributed by atoms with E-state index in [2.05, 4.69) is 15.6 Å². The van der Waals surface area contributed by atoms with E-state index in [9.17, 15) is 9.90 Å². The number of aryl methyl sites for hydroxylation is 2. The van der Waals surface area contributed by atoms with Crippen molar-refractivity contribution in [1.29, 1.82) is 0 Å². The summed E-state index contributed by atoms with van der Waals surface area (Å²) in [6.45, 7) is 3.81. The van der Waals surface area contributed by atoms with E-state index < -0.39 is 11.5 Å². The van der Waals surface area contributed by atoms with Gasteiger partial charge in [0, 0.05) is 29.4 Å². The van der Waals surface area contributed by atoms with E-state index in [1.165, 1.54) is 0 Å². The lowest BCUT2D eigenvalue weighted by molar-refractivity contribution is -0.136. The first-order chi connectivity index (χ1) is 12.9. The molecule has 0 unspecified atom stereocenters. The molecule has 1 amide bonds. The van der Waals surface area contributed by atoms with Gasteiger partial charge in [-0.05, 0) is 25.0 Å². The van der Waals surface area contributed by atoms with Crippen molar-refractivity contribution in [2.45, 2.75) is 19.4 Å². The number of nitrogens with zero attached hydrogens (tertiary/aromatic N) is 3. The Morgan fingerprint density at radius 2 is 1.67 bits per heavy atom. The summed E-state index contributed by atoms with van der Waals surface area (Å²) in [5, 5.41) is 19.8. The Morgan fingerprint density at radius 3 is 2.19 bits per heavy atom. The van der Waals surface area contributed by atoms with Crippen LogP contribution >= 0.6 is 0 Å². The van der Waals surface area contributed by atoms with Gasteiger partial charge in [-0.2, -0.15) is 10.2 Å². The summed E-state index contributed by atoms with van der Waals surface area (Å²) < 4.78 is 1.76. The Bertz CT molecular complexity index is 1040. The molecular weight excluding hydrogens is 340 g/mol. The van der Waals surface area contributed by atoms with Crippen molar-refractivity contribution in [2.75, 3.05) is 0 Å². The number of hydrogen-bond donors (Lipinski definition) is 2. The maximum atomic E-state index is 13.0. The molecule has 1 aliphatic rings. The summed E-state index contributed by atoms with van der Waals surface area (Å²) in [4.78, 5) is 13.0. The van der Waals surface area contributed by atoms with E-state index in [4.69, 9.17) is 0 Å². The van der Waals surface area contributed by atoms with Crippen LogP contribution < -0.4 is 5.43 Å². The fourth-order valence-corrected chi connectivity index (χ4v) is 3.67. The van der Waals surface area contributed by atoms with Crippen LogP contribution in [0.25, 0.3) is 11.1 Å². The van der Waals surface area contributed by atoms with Crippen LogP contribution in [-0.4, -0.2) is 27.0 Å². The predicted octanol–water partition coefficient (Wildman–Crippen LogP) is 2.40. The standard InChI is InChI=1S/C21H20N4O2/c1-13-17(14(2)25(3)24-13)12-22-23-20(26)21(27)18-10-6-4-8-15(18)16-9-5-7-11-19(16)21/h4-12,27H,1-3H3,(H,23,26)/b22-12+. The Kier molecular flexibility index (Phi) is 3.93. The van der Waals surface area contributed by atoms with Crippen molar-refractivity contribution < 1.29 is 9.90 Å². The van der Waals surface area contributed by atoms with Crippen LogP contribution in [-0.2, 0) is 17.4 Å². The van der Waals surface area contributed by atoms with Gasteiger partial charge in [0.2, 0.25) is 0 Å². The smallest absolute Gasteiger partial charge is 0.281 e. The first-order valence-corrected chi connectivity index (χ1v) is 8.70. The van der Waals surface area contributed by atoms with E-state index in [-0.39, 0.29) is 0 Å². The van der Waals surface area contributed by atoms with Gasteiger partial charge in [0.15, 0.2) is 5.60 Å². The molecule has 0 aliphatic heterocycles. The highest BCUT2D eigenvalue weighted by Gasteiger charge is 2.47. The molecule has 1 aromatic heterocycles. The number of fused-ring (bicyclic) bond motifs is 3. The molecular formula is C21H20N4O2. The number of aliphatic hydroxyl groups is 1. The second-order valence-electron chi connectivity index (χ2n) is 6.71. The van der Waals surface area contributed by atoms with Gasteiger partial charge in [-0.1, -0.05) is 48.5 Å². The second kappa shape index (κ2) is 6.17. The molecule has 1 aliphatic carbocycles. The third-order valence-corrected chi connectivity index (χ3v) is 5.18. The Labute approximate surface area is 157 Å². The highest BCUT2D eigenvalue weighted by atomic mass is 16.3. The number of nitrogens with one attached hydrogen (secondary N) is 1. The van der Waals surface area contributed by atoms with Crippen LogP contribution in [0.1, 0.15) is 28.1 Å². The Balaban J connectivity index is 1.68. The molecule has 0 saturated heterocycles. The summed E-state index contributed by atoms with van der Waals surface area (Å²) in [6.07, 6.45) is 1.56. The zero-order valence-electron chi connectivity index (χ0n) is 15.4. The number of hydrazone groups is 1. The average Bonchev–Trinajstić information content (AvgIpc) is 3.08. The Morgan fingerprint density at radius 1 is 1.11 bits per heavy atom. The van der Waals surface area contributed by atoms with Crippen LogP contribution in [0.5, 0.6) is 0 Å².